The van der Waals surface area contributed by atoms with Gasteiger partial charge in [0.1, 0.15) is 0 Å². The summed E-state index contributed by atoms with van der Waals surface area (Å²) >= 11 is 0. The van der Waals surface area contributed by atoms with Gasteiger partial charge in [-0.05, 0) is 59.4 Å². The third-order valence-corrected chi connectivity index (χ3v) is 3.94. The highest BCUT2D eigenvalue weighted by Crippen LogP contribution is 2.51. The Morgan fingerprint density at radius 1 is 1.30 bits per heavy atom. The number of amides is 1. The van der Waals surface area contributed by atoms with Crippen LogP contribution >= 0.6 is 0 Å². The van der Waals surface area contributed by atoms with E-state index >= 15 is 0 Å². The van der Waals surface area contributed by atoms with Crippen LogP contribution in [0.2, 0.25) is 0 Å². The molecule has 1 aromatic heterocycles. The molecule has 0 spiro atoms. The first-order chi connectivity index (χ1) is 9.72. The summed E-state index contributed by atoms with van der Waals surface area (Å²) in [4.78, 5) is 16.5. The molecule has 0 radical (unpaired) electrons. The first-order valence-electron chi connectivity index (χ1n) is 6.79. The van der Waals surface area contributed by atoms with Crippen LogP contribution in [-0.2, 0) is 11.3 Å². The lowest BCUT2D eigenvalue weighted by Crippen LogP contribution is -2.24. The molecule has 98 valence electrons. The quantitative estimate of drug-likeness (QED) is 0.909. The van der Waals surface area contributed by atoms with Crippen molar-refractivity contribution in [2.45, 2.75) is 19.9 Å². The molecule has 1 fully saturated rings. The van der Waals surface area contributed by atoms with Gasteiger partial charge in [-0.2, -0.15) is 0 Å². The molecule has 3 nitrogen and oxygen atoms in total. The van der Waals surface area contributed by atoms with E-state index in [9.17, 15) is 4.79 Å². The summed E-state index contributed by atoms with van der Waals surface area (Å²) in [5.74, 6) is -0.00873. The molecule has 0 aromatic carbocycles. The van der Waals surface area contributed by atoms with Crippen LogP contribution in [0.3, 0.4) is 0 Å². The average molecular weight is 262 g/mol. The third kappa shape index (κ3) is 1.74. The van der Waals surface area contributed by atoms with E-state index in [-0.39, 0.29) is 5.91 Å². The zero-order valence-corrected chi connectivity index (χ0v) is 11.2. The van der Waals surface area contributed by atoms with Crippen LogP contribution in [0.25, 0.3) is 0 Å². The molecule has 3 aliphatic rings. The third-order valence-electron chi connectivity index (χ3n) is 3.94. The molecule has 0 unspecified atom stereocenters. The maximum Gasteiger partial charge on any atom is 0.252 e. The van der Waals surface area contributed by atoms with Crippen LogP contribution in [0.4, 0.5) is 0 Å². The van der Waals surface area contributed by atoms with Crippen LogP contribution in [0.1, 0.15) is 17.7 Å². The van der Waals surface area contributed by atoms with Gasteiger partial charge in [-0.3, -0.25) is 9.78 Å². The second-order valence-corrected chi connectivity index (χ2v) is 5.39. The lowest BCUT2D eigenvalue weighted by molar-refractivity contribution is -0.117. The number of rotatable bonds is 3. The minimum atomic E-state index is -0.00873. The maximum atomic E-state index is 12.3. The van der Waals surface area contributed by atoms with Crippen molar-refractivity contribution in [3.8, 4) is 0 Å². The van der Waals surface area contributed by atoms with Gasteiger partial charge in [0.15, 0.2) is 0 Å². The zero-order valence-electron chi connectivity index (χ0n) is 11.2. The summed E-state index contributed by atoms with van der Waals surface area (Å²) in [6.45, 7) is 2.46. The molecule has 1 aromatic rings. The molecule has 1 amide bonds. The number of aryl methyl sites for hydroxylation is 1. The number of hydrogen-bond acceptors (Lipinski definition) is 2. The monoisotopic (exact) mass is 262 g/mol. The number of carbonyl (C=O) groups is 1. The second-order valence-electron chi connectivity index (χ2n) is 5.39. The zero-order chi connectivity index (χ0) is 13.7. The molecule has 20 heavy (non-hydrogen) atoms. The molecular formula is C17H14N2O. The van der Waals surface area contributed by atoms with Gasteiger partial charge in [-0.25, -0.2) is 0 Å². The number of aromatic nitrogens is 1. The fraction of sp³-hybridized carbons (Fsp3) is 0.176. The van der Waals surface area contributed by atoms with E-state index in [0.29, 0.717) is 6.54 Å². The molecule has 0 atom stereocenters. The number of fused-ring (bicyclic) bond motifs is 2. The van der Waals surface area contributed by atoms with E-state index in [0.717, 1.165) is 28.8 Å². The first-order valence-corrected chi connectivity index (χ1v) is 6.79. The summed E-state index contributed by atoms with van der Waals surface area (Å²) < 4.78 is 0. The lowest BCUT2D eigenvalue weighted by atomic mass is 10.1. The van der Waals surface area contributed by atoms with E-state index in [1.807, 2.05) is 25.1 Å². The molecule has 1 N–H and O–H groups in total. The minimum Gasteiger partial charge on any atom is -0.348 e. The smallest absolute Gasteiger partial charge is 0.252 e. The highest BCUT2D eigenvalue weighted by molar-refractivity contribution is 6.01. The molecule has 1 saturated carbocycles. The van der Waals surface area contributed by atoms with Crippen molar-refractivity contribution in [2.24, 2.45) is 0 Å². The van der Waals surface area contributed by atoms with E-state index in [1.54, 1.807) is 6.20 Å². The first kappa shape index (κ1) is 11.4. The number of hydrogen-bond donors (Lipinski definition) is 1. The molecule has 0 bridgehead atoms. The Labute approximate surface area is 117 Å². The number of nitrogens with one attached hydrogen (secondary N) is 1. The van der Waals surface area contributed by atoms with E-state index in [2.05, 4.69) is 22.5 Å². The Morgan fingerprint density at radius 2 is 2.20 bits per heavy atom. The minimum absolute atomic E-state index is 0.00873. The van der Waals surface area contributed by atoms with Crippen molar-refractivity contribution in [3.05, 3.63) is 75.7 Å². The highest BCUT2D eigenvalue weighted by Gasteiger charge is 2.35. The van der Waals surface area contributed by atoms with Gasteiger partial charge in [0.2, 0.25) is 0 Å². The van der Waals surface area contributed by atoms with Gasteiger partial charge in [0, 0.05) is 24.0 Å². The Morgan fingerprint density at radius 3 is 3.00 bits per heavy atom. The van der Waals surface area contributed by atoms with Crippen molar-refractivity contribution in [1.82, 2.24) is 10.3 Å². The fourth-order valence-corrected chi connectivity index (χ4v) is 2.72. The SMILES string of the molecule is Cc1ccc(CNC(=O)C2=C3C=C4CC4=C3C=C2)cn1. The van der Waals surface area contributed by atoms with Gasteiger partial charge in [-0.1, -0.05) is 12.1 Å². The summed E-state index contributed by atoms with van der Waals surface area (Å²) in [5, 5.41) is 2.96. The van der Waals surface area contributed by atoms with E-state index in [1.165, 1.54) is 16.7 Å². The van der Waals surface area contributed by atoms with Crippen molar-refractivity contribution < 1.29 is 4.79 Å². The van der Waals surface area contributed by atoms with Gasteiger partial charge in [0.25, 0.3) is 5.91 Å². The Balaban J connectivity index is 1.48. The molecule has 1 heterocycles. The van der Waals surface area contributed by atoms with Crippen LogP contribution < -0.4 is 5.32 Å². The Hall–Kier alpha value is -2.42. The number of allylic oxidation sites excluding steroid dienone is 6. The largest absolute Gasteiger partial charge is 0.348 e. The maximum absolute atomic E-state index is 12.3. The van der Waals surface area contributed by atoms with Crippen LogP contribution in [-0.4, -0.2) is 10.9 Å². The van der Waals surface area contributed by atoms with Gasteiger partial charge in [-0.15, -0.1) is 0 Å². The van der Waals surface area contributed by atoms with Crippen LogP contribution in [0.5, 0.6) is 0 Å². The predicted octanol–water partition coefficient (Wildman–Crippen LogP) is 2.51. The van der Waals surface area contributed by atoms with Crippen molar-refractivity contribution in [3.63, 3.8) is 0 Å². The summed E-state index contributed by atoms with van der Waals surface area (Å²) in [5.41, 5.74) is 7.95. The fourth-order valence-electron chi connectivity index (χ4n) is 2.72. The summed E-state index contributed by atoms with van der Waals surface area (Å²) in [6.07, 6.45) is 9.04. The molecule has 3 heteroatoms. The average Bonchev–Trinajstić information content (AvgIpc) is 2.93. The predicted molar refractivity (Wildman–Crippen MR) is 76.7 cm³/mol. The summed E-state index contributed by atoms with van der Waals surface area (Å²) in [6, 6.07) is 3.95. The van der Waals surface area contributed by atoms with E-state index < -0.39 is 0 Å². The van der Waals surface area contributed by atoms with Gasteiger partial charge >= 0.3 is 0 Å². The molecule has 0 aliphatic heterocycles. The van der Waals surface area contributed by atoms with E-state index in [4.69, 9.17) is 0 Å². The van der Waals surface area contributed by atoms with Gasteiger partial charge < -0.3 is 5.32 Å². The molecule has 4 rings (SSSR count). The molecule has 3 aliphatic carbocycles. The van der Waals surface area contributed by atoms with Crippen molar-refractivity contribution in [2.75, 3.05) is 0 Å². The lowest BCUT2D eigenvalue weighted by Gasteiger charge is -2.06. The van der Waals surface area contributed by atoms with Crippen molar-refractivity contribution >= 4 is 5.91 Å². The molecule has 0 saturated heterocycles. The number of nitrogens with zero attached hydrogens (tertiary/aromatic N) is 1. The van der Waals surface area contributed by atoms with Crippen LogP contribution in [0, 0.1) is 6.92 Å². The van der Waals surface area contributed by atoms with Gasteiger partial charge in [0.05, 0.1) is 0 Å². The number of carbonyl (C=O) groups excluding carboxylic acids is 1. The van der Waals surface area contributed by atoms with Crippen LogP contribution in [0.15, 0.2) is 64.4 Å². The Kier molecular flexibility index (Phi) is 2.30. The summed E-state index contributed by atoms with van der Waals surface area (Å²) in [7, 11) is 0. The normalized spacial score (nSPS) is 18.1. The Bertz CT molecular complexity index is 746. The second kappa shape index (κ2) is 4.04. The molecular weight excluding hydrogens is 248 g/mol. The van der Waals surface area contributed by atoms with Crippen molar-refractivity contribution in [1.29, 1.82) is 0 Å². The topological polar surface area (TPSA) is 42.0 Å². The highest BCUT2D eigenvalue weighted by atomic mass is 16.1. The number of pyridine rings is 1. The standard InChI is InChI=1S/C17H14N2O/c1-10-2-3-11(8-18-10)9-19-17(20)14-5-4-13-15-6-12(15)7-16(13)14/h2-5,7-8H,6,9H2,1H3,(H,19,20).